The SMILES string of the molecule is COc1cc(C)c(CN(C)C(=O)CN)cc1OC. The van der Waals surface area contributed by atoms with Crippen molar-refractivity contribution in [1.82, 2.24) is 4.90 Å². The molecule has 0 bridgehead atoms. The highest BCUT2D eigenvalue weighted by molar-refractivity contribution is 5.77. The number of carbonyl (C=O) groups excluding carboxylic acids is 1. The van der Waals surface area contributed by atoms with Gasteiger partial charge in [0.1, 0.15) is 0 Å². The standard InChI is InChI=1S/C13H20N2O3/c1-9-5-11(17-3)12(18-4)6-10(9)8-15(2)13(16)7-14/h5-6H,7-8,14H2,1-4H3. The van der Waals surface area contributed by atoms with Crippen LogP contribution in [0.4, 0.5) is 0 Å². The van der Waals surface area contributed by atoms with Crippen LogP contribution in [-0.2, 0) is 11.3 Å². The van der Waals surface area contributed by atoms with Gasteiger partial charge in [-0.1, -0.05) is 0 Å². The largest absolute Gasteiger partial charge is 0.493 e. The van der Waals surface area contributed by atoms with Crippen molar-refractivity contribution in [3.8, 4) is 11.5 Å². The number of nitrogens with zero attached hydrogens (tertiary/aromatic N) is 1. The van der Waals surface area contributed by atoms with E-state index in [-0.39, 0.29) is 12.5 Å². The zero-order valence-electron chi connectivity index (χ0n) is 11.3. The molecule has 0 saturated heterocycles. The Labute approximate surface area is 107 Å². The lowest BCUT2D eigenvalue weighted by Crippen LogP contribution is -2.32. The minimum Gasteiger partial charge on any atom is -0.493 e. The Hall–Kier alpha value is -1.75. The van der Waals surface area contributed by atoms with Crippen molar-refractivity contribution in [2.45, 2.75) is 13.5 Å². The number of likely N-dealkylation sites (N-methyl/N-ethyl adjacent to an activating group) is 1. The fourth-order valence-electron chi connectivity index (χ4n) is 1.69. The summed E-state index contributed by atoms with van der Waals surface area (Å²) in [5.74, 6) is 1.25. The molecule has 0 atom stereocenters. The highest BCUT2D eigenvalue weighted by Crippen LogP contribution is 2.30. The van der Waals surface area contributed by atoms with Crippen LogP contribution in [0.5, 0.6) is 11.5 Å². The third-order valence-corrected chi connectivity index (χ3v) is 2.85. The molecule has 0 aliphatic rings. The monoisotopic (exact) mass is 252 g/mol. The van der Waals surface area contributed by atoms with Crippen LogP contribution in [0.2, 0.25) is 0 Å². The van der Waals surface area contributed by atoms with Gasteiger partial charge in [0.2, 0.25) is 5.91 Å². The van der Waals surface area contributed by atoms with E-state index in [2.05, 4.69) is 0 Å². The number of rotatable bonds is 5. The number of carbonyl (C=O) groups is 1. The lowest BCUT2D eigenvalue weighted by Gasteiger charge is -2.19. The van der Waals surface area contributed by atoms with E-state index < -0.39 is 0 Å². The van der Waals surface area contributed by atoms with Gasteiger partial charge in [0, 0.05) is 13.6 Å². The molecule has 1 rings (SSSR count). The van der Waals surface area contributed by atoms with Gasteiger partial charge in [-0.15, -0.1) is 0 Å². The van der Waals surface area contributed by atoms with Crippen LogP contribution in [0.3, 0.4) is 0 Å². The number of hydrogen-bond acceptors (Lipinski definition) is 4. The fraction of sp³-hybridized carbons (Fsp3) is 0.462. The van der Waals surface area contributed by atoms with Gasteiger partial charge in [0.05, 0.1) is 20.8 Å². The molecular weight excluding hydrogens is 232 g/mol. The molecule has 0 unspecified atom stereocenters. The Balaban J connectivity index is 2.99. The molecule has 5 heteroatoms. The molecule has 0 aliphatic carbocycles. The number of ether oxygens (including phenoxy) is 2. The smallest absolute Gasteiger partial charge is 0.236 e. The zero-order chi connectivity index (χ0) is 13.7. The summed E-state index contributed by atoms with van der Waals surface area (Å²) in [4.78, 5) is 13.0. The van der Waals surface area contributed by atoms with Crippen molar-refractivity contribution in [2.24, 2.45) is 5.73 Å². The molecule has 0 heterocycles. The second-order valence-electron chi connectivity index (χ2n) is 4.09. The second kappa shape index (κ2) is 6.26. The molecule has 1 aromatic rings. The number of methoxy groups -OCH3 is 2. The van der Waals surface area contributed by atoms with Gasteiger partial charge < -0.3 is 20.1 Å². The third kappa shape index (κ3) is 3.13. The Morgan fingerprint density at radius 1 is 1.28 bits per heavy atom. The molecule has 0 saturated carbocycles. The van der Waals surface area contributed by atoms with Crippen LogP contribution >= 0.6 is 0 Å². The Kier molecular flexibility index (Phi) is 4.97. The number of hydrogen-bond donors (Lipinski definition) is 1. The van der Waals surface area contributed by atoms with Crippen LogP contribution in [0.1, 0.15) is 11.1 Å². The molecule has 18 heavy (non-hydrogen) atoms. The fourth-order valence-corrected chi connectivity index (χ4v) is 1.69. The lowest BCUT2D eigenvalue weighted by atomic mass is 10.1. The summed E-state index contributed by atoms with van der Waals surface area (Å²) >= 11 is 0. The first-order valence-electron chi connectivity index (χ1n) is 5.69. The van der Waals surface area contributed by atoms with E-state index in [9.17, 15) is 4.79 Å². The summed E-state index contributed by atoms with van der Waals surface area (Å²) in [6, 6.07) is 3.78. The van der Waals surface area contributed by atoms with Gasteiger partial charge in [-0.2, -0.15) is 0 Å². The van der Waals surface area contributed by atoms with Crippen molar-refractivity contribution < 1.29 is 14.3 Å². The van der Waals surface area contributed by atoms with E-state index in [0.717, 1.165) is 11.1 Å². The van der Waals surface area contributed by atoms with Crippen LogP contribution in [0, 0.1) is 6.92 Å². The molecule has 0 fully saturated rings. The van der Waals surface area contributed by atoms with Gasteiger partial charge in [-0.05, 0) is 30.2 Å². The number of amides is 1. The van der Waals surface area contributed by atoms with Gasteiger partial charge >= 0.3 is 0 Å². The first-order chi connectivity index (χ1) is 8.53. The molecule has 1 aromatic carbocycles. The maximum Gasteiger partial charge on any atom is 0.236 e. The Morgan fingerprint density at radius 3 is 2.33 bits per heavy atom. The lowest BCUT2D eigenvalue weighted by molar-refractivity contribution is -0.128. The van der Waals surface area contributed by atoms with E-state index in [0.29, 0.717) is 18.0 Å². The topological polar surface area (TPSA) is 64.8 Å². The Morgan fingerprint density at radius 2 is 1.83 bits per heavy atom. The predicted molar refractivity (Wildman–Crippen MR) is 69.8 cm³/mol. The number of aryl methyl sites for hydroxylation is 1. The van der Waals surface area contributed by atoms with E-state index in [1.165, 1.54) is 0 Å². The second-order valence-corrected chi connectivity index (χ2v) is 4.09. The quantitative estimate of drug-likeness (QED) is 0.846. The minimum absolute atomic E-state index is 0.0167. The number of nitrogens with two attached hydrogens (primary N) is 1. The molecule has 1 amide bonds. The summed E-state index contributed by atoms with van der Waals surface area (Å²) in [6.07, 6.45) is 0. The number of benzene rings is 1. The molecule has 0 aliphatic heterocycles. The first-order valence-corrected chi connectivity index (χ1v) is 5.69. The molecule has 5 nitrogen and oxygen atoms in total. The predicted octanol–water partition coefficient (Wildman–Crippen LogP) is 0.929. The van der Waals surface area contributed by atoms with Gasteiger partial charge in [-0.25, -0.2) is 0 Å². The van der Waals surface area contributed by atoms with Crippen LogP contribution < -0.4 is 15.2 Å². The third-order valence-electron chi connectivity index (χ3n) is 2.85. The molecular formula is C13H20N2O3. The van der Waals surface area contributed by atoms with Gasteiger partial charge in [0.15, 0.2) is 11.5 Å². The van der Waals surface area contributed by atoms with Crippen LogP contribution in [-0.4, -0.2) is 38.6 Å². The summed E-state index contributed by atoms with van der Waals surface area (Å²) in [7, 11) is 4.91. The molecule has 0 radical (unpaired) electrons. The van der Waals surface area contributed by atoms with E-state index in [1.807, 2.05) is 19.1 Å². The average molecular weight is 252 g/mol. The molecule has 2 N–H and O–H groups in total. The molecule has 100 valence electrons. The van der Waals surface area contributed by atoms with Crippen LogP contribution in [0.25, 0.3) is 0 Å². The van der Waals surface area contributed by atoms with E-state index >= 15 is 0 Å². The van der Waals surface area contributed by atoms with Crippen molar-refractivity contribution in [3.63, 3.8) is 0 Å². The van der Waals surface area contributed by atoms with Crippen LogP contribution in [0.15, 0.2) is 12.1 Å². The van der Waals surface area contributed by atoms with Crippen molar-refractivity contribution in [1.29, 1.82) is 0 Å². The summed E-state index contributed by atoms with van der Waals surface area (Å²) in [5, 5.41) is 0. The average Bonchev–Trinajstić information content (AvgIpc) is 2.39. The maximum absolute atomic E-state index is 11.5. The molecule has 0 spiro atoms. The summed E-state index contributed by atoms with van der Waals surface area (Å²) < 4.78 is 10.5. The van der Waals surface area contributed by atoms with E-state index in [1.54, 1.807) is 26.2 Å². The highest BCUT2D eigenvalue weighted by Gasteiger charge is 2.12. The first kappa shape index (κ1) is 14.3. The minimum atomic E-state index is -0.0933. The van der Waals surface area contributed by atoms with Gasteiger partial charge in [0.25, 0.3) is 0 Å². The normalized spacial score (nSPS) is 10.1. The van der Waals surface area contributed by atoms with E-state index in [4.69, 9.17) is 15.2 Å². The van der Waals surface area contributed by atoms with Crippen molar-refractivity contribution in [3.05, 3.63) is 23.3 Å². The molecule has 0 aromatic heterocycles. The van der Waals surface area contributed by atoms with Crippen molar-refractivity contribution >= 4 is 5.91 Å². The summed E-state index contributed by atoms with van der Waals surface area (Å²) in [6.45, 7) is 2.49. The van der Waals surface area contributed by atoms with Gasteiger partial charge in [-0.3, -0.25) is 4.79 Å². The maximum atomic E-state index is 11.5. The Bertz CT molecular complexity index is 432. The summed E-state index contributed by atoms with van der Waals surface area (Å²) in [5.41, 5.74) is 7.39. The highest BCUT2D eigenvalue weighted by atomic mass is 16.5. The zero-order valence-corrected chi connectivity index (χ0v) is 11.3. The van der Waals surface area contributed by atoms with Crippen molar-refractivity contribution in [2.75, 3.05) is 27.8 Å².